The summed E-state index contributed by atoms with van der Waals surface area (Å²) in [5.74, 6) is 0.774. The lowest BCUT2D eigenvalue weighted by molar-refractivity contribution is -0.149. The smallest absolute Gasteiger partial charge is 0.317 e. The minimum absolute atomic E-state index is 0.0514. The second-order valence-corrected chi connectivity index (χ2v) is 6.90. The molecule has 1 saturated heterocycles. The van der Waals surface area contributed by atoms with Crippen LogP contribution in [-0.2, 0) is 16.1 Å². The largest absolute Gasteiger partial charge is 0.466 e. The summed E-state index contributed by atoms with van der Waals surface area (Å²) in [6.45, 7) is 6.85. The van der Waals surface area contributed by atoms with Crippen LogP contribution in [0.2, 0.25) is 0 Å². The number of hydrogen-bond acceptors (Lipinski definition) is 4. The van der Waals surface area contributed by atoms with Gasteiger partial charge in [0.2, 0.25) is 0 Å². The topological polar surface area (TPSA) is 76.5 Å². The van der Waals surface area contributed by atoms with Crippen molar-refractivity contribution in [3.8, 4) is 0 Å². The van der Waals surface area contributed by atoms with Crippen LogP contribution in [0.3, 0.4) is 0 Å². The van der Waals surface area contributed by atoms with Crippen LogP contribution >= 0.6 is 0 Å². The Morgan fingerprint density at radius 3 is 2.74 bits per heavy atom. The molecule has 1 aromatic heterocycles. The highest BCUT2D eigenvalue weighted by Gasteiger charge is 2.27. The van der Waals surface area contributed by atoms with Crippen molar-refractivity contribution in [2.24, 2.45) is 5.92 Å². The number of carbonyl (C=O) groups is 2. The summed E-state index contributed by atoms with van der Waals surface area (Å²) < 4.78 is 7.25. The summed E-state index contributed by atoms with van der Waals surface area (Å²) in [5.41, 5.74) is 2.13. The van der Waals surface area contributed by atoms with E-state index in [1.807, 2.05) is 32.0 Å². The molecule has 7 heteroatoms. The molecule has 1 aliphatic heterocycles. The van der Waals surface area contributed by atoms with Crippen molar-refractivity contribution in [3.05, 3.63) is 30.1 Å². The highest BCUT2D eigenvalue weighted by molar-refractivity contribution is 5.76. The third-order valence-electron chi connectivity index (χ3n) is 5.08. The molecule has 0 unspecified atom stereocenters. The van der Waals surface area contributed by atoms with Crippen molar-refractivity contribution < 1.29 is 14.3 Å². The molecule has 27 heavy (non-hydrogen) atoms. The average Bonchev–Trinajstić information content (AvgIpc) is 3.00. The molecule has 1 aromatic carbocycles. The molecule has 0 bridgehead atoms. The van der Waals surface area contributed by atoms with Crippen LogP contribution in [0.4, 0.5) is 4.79 Å². The highest BCUT2D eigenvalue weighted by atomic mass is 16.5. The molecule has 1 fully saturated rings. The first-order chi connectivity index (χ1) is 13.1. The molecule has 7 nitrogen and oxygen atoms in total. The van der Waals surface area contributed by atoms with Gasteiger partial charge in [-0.05, 0) is 45.2 Å². The quantitative estimate of drug-likeness (QED) is 0.625. The third kappa shape index (κ3) is 4.59. The lowest BCUT2D eigenvalue weighted by Crippen LogP contribution is -2.46. The van der Waals surface area contributed by atoms with E-state index in [9.17, 15) is 9.59 Å². The highest BCUT2D eigenvalue weighted by Crippen LogP contribution is 2.19. The number of urea groups is 1. The van der Waals surface area contributed by atoms with E-state index in [1.54, 1.807) is 4.90 Å². The number of aromatic nitrogens is 2. The van der Waals surface area contributed by atoms with Gasteiger partial charge in [-0.15, -0.1) is 0 Å². The van der Waals surface area contributed by atoms with E-state index in [4.69, 9.17) is 4.74 Å². The molecule has 1 N–H and O–H groups in total. The van der Waals surface area contributed by atoms with Crippen LogP contribution in [-0.4, -0.2) is 52.7 Å². The molecule has 0 aliphatic carbocycles. The van der Waals surface area contributed by atoms with Crippen molar-refractivity contribution in [1.29, 1.82) is 0 Å². The zero-order chi connectivity index (χ0) is 19.2. The average molecular weight is 372 g/mol. The summed E-state index contributed by atoms with van der Waals surface area (Å²) in [5, 5.41) is 2.99. The lowest BCUT2D eigenvalue weighted by atomic mass is 9.97. The predicted octanol–water partition coefficient (Wildman–Crippen LogP) is 2.72. The van der Waals surface area contributed by atoms with E-state index in [0.717, 1.165) is 29.8 Å². The molecule has 0 spiro atoms. The second-order valence-electron chi connectivity index (χ2n) is 6.90. The first kappa shape index (κ1) is 19.2. The number of nitrogens with one attached hydrogen (secondary N) is 1. The Labute approximate surface area is 159 Å². The maximum absolute atomic E-state index is 12.3. The number of fused-ring (bicyclic) bond motifs is 1. The molecule has 2 heterocycles. The summed E-state index contributed by atoms with van der Waals surface area (Å²) in [6, 6.07) is 8.04. The van der Waals surface area contributed by atoms with Crippen LogP contribution in [0, 0.1) is 12.8 Å². The molecule has 0 atom stereocenters. The van der Waals surface area contributed by atoms with Crippen molar-refractivity contribution in [1.82, 2.24) is 19.8 Å². The van der Waals surface area contributed by atoms with Crippen LogP contribution in [0.5, 0.6) is 0 Å². The summed E-state index contributed by atoms with van der Waals surface area (Å²) in [7, 11) is 0. The number of carbonyl (C=O) groups excluding carboxylic acids is 2. The van der Waals surface area contributed by atoms with Gasteiger partial charge in [0.1, 0.15) is 5.82 Å². The number of imidazole rings is 1. The fourth-order valence-corrected chi connectivity index (χ4v) is 3.60. The Bertz CT molecular complexity index is 794. The Hall–Kier alpha value is -2.57. The van der Waals surface area contributed by atoms with Crippen LogP contribution in [0.15, 0.2) is 24.3 Å². The normalized spacial score (nSPS) is 15.1. The molecular weight excluding hydrogens is 344 g/mol. The van der Waals surface area contributed by atoms with Crippen molar-refractivity contribution in [3.63, 3.8) is 0 Å². The van der Waals surface area contributed by atoms with Gasteiger partial charge in [0, 0.05) is 26.2 Å². The minimum Gasteiger partial charge on any atom is -0.466 e. The van der Waals surface area contributed by atoms with E-state index >= 15 is 0 Å². The molecule has 146 valence electrons. The maximum atomic E-state index is 12.3. The van der Waals surface area contributed by atoms with Gasteiger partial charge < -0.3 is 19.5 Å². The molecule has 0 radical (unpaired) electrons. The predicted molar refractivity (Wildman–Crippen MR) is 103 cm³/mol. The van der Waals surface area contributed by atoms with Gasteiger partial charge >= 0.3 is 12.0 Å². The van der Waals surface area contributed by atoms with Gasteiger partial charge in [-0.3, -0.25) is 4.79 Å². The van der Waals surface area contributed by atoms with E-state index in [-0.39, 0.29) is 17.9 Å². The SMILES string of the molecule is CCOC(=O)C1CCN(C(=O)NCCCn2c(C)nc3ccccc32)CC1. The minimum atomic E-state index is -0.138. The number of amides is 2. The maximum Gasteiger partial charge on any atom is 0.317 e. The lowest BCUT2D eigenvalue weighted by Gasteiger charge is -2.30. The zero-order valence-electron chi connectivity index (χ0n) is 16.1. The van der Waals surface area contributed by atoms with Gasteiger partial charge in [0.05, 0.1) is 23.6 Å². The Kier molecular flexibility index (Phi) is 6.32. The van der Waals surface area contributed by atoms with E-state index in [0.29, 0.717) is 39.1 Å². The van der Waals surface area contributed by atoms with Gasteiger partial charge in [-0.25, -0.2) is 9.78 Å². The third-order valence-corrected chi connectivity index (χ3v) is 5.08. The van der Waals surface area contributed by atoms with Crippen molar-refractivity contribution in [2.75, 3.05) is 26.2 Å². The summed E-state index contributed by atoms with van der Waals surface area (Å²) in [6.07, 6.45) is 2.19. The number of aryl methyl sites for hydroxylation is 2. The summed E-state index contributed by atoms with van der Waals surface area (Å²) >= 11 is 0. The van der Waals surface area contributed by atoms with Gasteiger partial charge in [0.25, 0.3) is 0 Å². The molecule has 0 saturated carbocycles. The van der Waals surface area contributed by atoms with Crippen LogP contribution in [0.25, 0.3) is 11.0 Å². The van der Waals surface area contributed by atoms with Crippen molar-refractivity contribution in [2.45, 2.75) is 39.7 Å². The van der Waals surface area contributed by atoms with E-state index in [2.05, 4.69) is 20.9 Å². The van der Waals surface area contributed by atoms with Gasteiger partial charge in [-0.2, -0.15) is 0 Å². The Morgan fingerprint density at radius 2 is 2.00 bits per heavy atom. The Morgan fingerprint density at radius 1 is 1.26 bits per heavy atom. The number of para-hydroxylation sites is 2. The standard InChI is InChI=1S/C20H28N4O3/c1-3-27-19(25)16-9-13-23(14-10-16)20(26)21-11-6-12-24-15(2)22-17-7-4-5-8-18(17)24/h4-5,7-8,16H,3,6,9-14H2,1-2H3,(H,21,26). The molecule has 2 aromatic rings. The summed E-state index contributed by atoms with van der Waals surface area (Å²) in [4.78, 5) is 30.4. The molecule has 2 amide bonds. The first-order valence-corrected chi connectivity index (χ1v) is 9.71. The van der Waals surface area contributed by atoms with Crippen molar-refractivity contribution >= 4 is 23.0 Å². The molecular formula is C20H28N4O3. The number of likely N-dealkylation sites (tertiary alicyclic amines) is 1. The number of nitrogens with zero attached hydrogens (tertiary/aromatic N) is 3. The van der Waals surface area contributed by atoms with Gasteiger partial charge in [0.15, 0.2) is 0 Å². The molecule has 1 aliphatic rings. The Balaban J connectivity index is 1.41. The fraction of sp³-hybridized carbons (Fsp3) is 0.550. The fourth-order valence-electron chi connectivity index (χ4n) is 3.60. The number of rotatable bonds is 6. The number of esters is 1. The number of benzene rings is 1. The monoisotopic (exact) mass is 372 g/mol. The zero-order valence-corrected chi connectivity index (χ0v) is 16.1. The molecule has 3 rings (SSSR count). The van der Waals surface area contributed by atoms with Crippen LogP contribution < -0.4 is 5.32 Å². The number of hydrogen-bond donors (Lipinski definition) is 1. The second kappa shape index (κ2) is 8.88. The van der Waals surface area contributed by atoms with E-state index < -0.39 is 0 Å². The number of ether oxygens (including phenoxy) is 1. The van der Waals surface area contributed by atoms with Crippen LogP contribution in [0.1, 0.15) is 32.0 Å². The first-order valence-electron chi connectivity index (χ1n) is 9.71. The van der Waals surface area contributed by atoms with E-state index in [1.165, 1.54) is 0 Å². The van der Waals surface area contributed by atoms with Gasteiger partial charge in [-0.1, -0.05) is 12.1 Å². The number of piperidine rings is 1.